The molecular weight excluding hydrogens is 354 g/mol. The fraction of sp³-hybridized carbons (Fsp3) is 0.278. The molecular formula is C18H19N3O4S. The van der Waals surface area contributed by atoms with Crippen LogP contribution in [0.15, 0.2) is 52.3 Å². The molecule has 0 saturated heterocycles. The molecule has 3 aromatic rings. The number of methoxy groups -OCH3 is 1. The fourth-order valence-corrected chi connectivity index (χ4v) is 2.87. The molecule has 1 amide bonds. The Hall–Kier alpha value is -2.71. The molecule has 0 aliphatic heterocycles. The van der Waals surface area contributed by atoms with Gasteiger partial charge in [0, 0.05) is 13.7 Å². The van der Waals surface area contributed by atoms with Crippen molar-refractivity contribution in [3.8, 4) is 16.5 Å². The number of carbonyl (C=O) groups is 1. The number of para-hydroxylation sites is 1. The smallest absolute Gasteiger partial charge is 0.261 e. The maximum Gasteiger partial charge on any atom is 0.261 e. The van der Waals surface area contributed by atoms with E-state index in [1.54, 1.807) is 24.1 Å². The summed E-state index contributed by atoms with van der Waals surface area (Å²) >= 11 is 1.52. The second-order valence-corrected chi connectivity index (χ2v) is 6.34. The normalized spacial score (nSPS) is 10.7. The van der Waals surface area contributed by atoms with Gasteiger partial charge in [-0.05, 0) is 23.6 Å². The van der Waals surface area contributed by atoms with Crippen LogP contribution in [0.2, 0.25) is 0 Å². The lowest BCUT2D eigenvalue weighted by Gasteiger charge is -2.20. The third-order valence-corrected chi connectivity index (χ3v) is 4.41. The molecule has 1 aromatic carbocycles. The van der Waals surface area contributed by atoms with Gasteiger partial charge in [0.1, 0.15) is 5.75 Å². The van der Waals surface area contributed by atoms with Crippen LogP contribution < -0.4 is 4.74 Å². The molecule has 7 nitrogen and oxygen atoms in total. The van der Waals surface area contributed by atoms with Crippen molar-refractivity contribution in [2.45, 2.75) is 6.54 Å². The lowest BCUT2D eigenvalue weighted by atomic mass is 10.3. The van der Waals surface area contributed by atoms with E-state index in [-0.39, 0.29) is 19.1 Å². The van der Waals surface area contributed by atoms with Crippen molar-refractivity contribution in [2.75, 3.05) is 26.9 Å². The molecule has 0 aliphatic carbocycles. The van der Waals surface area contributed by atoms with E-state index in [0.29, 0.717) is 30.7 Å². The van der Waals surface area contributed by atoms with E-state index in [1.807, 2.05) is 35.7 Å². The van der Waals surface area contributed by atoms with Crippen LogP contribution in [0.4, 0.5) is 0 Å². The fourth-order valence-electron chi connectivity index (χ4n) is 2.23. The van der Waals surface area contributed by atoms with Gasteiger partial charge in [0.05, 0.1) is 18.0 Å². The molecule has 0 unspecified atom stereocenters. The number of rotatable bonds is 9. The molecule has 8 heteroatoms. The molecule has 0 N–H and O–H groups in total. The van der Waals surface area contributed by atoms with Gasteiger partial charge in [-0.15, -0.1) is 21.5 Å². The van der Waals surface area contributed by atoms with Crippen LogP contribution in [0, 0.1) is 0 Å². The standard InChI is InChI=1S/C18H19N3O4S/c1-23-10-9-21(17(22)13-24-14-6-3-2-4-7-14)12-16-19-20-18(25-16)15-8-5-11-26-15/h2-8,11H,9-10,12-13H2,1H3. The number of nitrogens with zero attached hydrogens (tertiary/aromatic N) is 3. The van der Waals surface area contributed by atoms with Gasteiger partial charge in [-0.2, -0.15) is 0 Å². The van der Waals surface area contributed by atoms with Gasteiger partial charge in [0.15, 0.2) is 6.61 Å². The van der Waals surface area contributed by atoms with Gasteiger partial charge in [-0.25, -0.2) is 0 Å². The highest BCUT2D eigenvalue weighted by molar-refractivity contribution is 7.13. The SMILES string of the molecule is COCCN(Cc1nnc(-c2cccs2)o1)C(=O)COc1ccccc1. The van der Waals surface area contributed by atoms with Crippen molar-refractivity contribution in [2.24, 2.45) is 0 Å². The Labute approximate surface area is 155 Å². The Balaban J connectivity index is 1.62. The lowest BCUT2D eigenvalue weighted by Crippen LogP contribution is -2.37. The quantitative estimate of drug-likeness (QED) is 0.574. The van der Waals surface area contributed by atoms with Crippen LogP contribution in [0.5, 0.6) is 5.75 Å². The molecule has 0 fully saturated rings. The number of hydrogen-bond donors (Lipinski definition) is 0. The first-order valence-electron chi connectivity index (χ1n) is 8.07. The molecule has 3 rings (SSSR count). The van der Waals surface area contributed by atoms with Crippen molar-refractivity contribution in [3.05, 3.63) is 53.7 Å². The summed E-state index contributed by atoms with van der Waals surface area (Å²) in [7, 11) is 1.59. The summed E-state index contributed by atoms with van der Waals surface area (Å²) in [6, 6.07) is 13.0. The molecule has 0 spiro atoms. The molecule has 0 radical (unpaired) electrons. The lowest BCUT2D eigenvalue weighted by molar-refractivity contribution is -0.135. The van der Waals surface area contributed by atoms with E-state index >= 15 is 0 Å². The minimum Gasteiger partial charge on any atom is -0.484 e. The summed E-state index contributed by atoms with van der Waals surface area (Å²) in [6.45, 7) is 0.950. The van der Waals surface area contributed by atoms with Gasteiger partial charge in [0.2, 0.25) is 5.89 Å². The number of thiophene rings is 1. The maximum atomic E-state index is 12.5. The monoisotopic (exact) mass is 373 g/mol. The second-order valence-electron chi connectivity index (χ2n) is 5.39. The van der Waals surface area contributed by atoms with Crippen LogP contribution in [-0.4, -0.2) is 47.9 Å². The minimum absolute atomic E-state index is 0.0698. The van der Waals surface area contributed by atoms with E-state index in [2.05, 4.69) is 10.2 Å². The number of carbonyl (C=O) groups excluding carboxylic acids is 1. The van der Waals surface area contributed by atoms with Gasteiger partial charge >= 0.3 is 0 Å². The van der Waals surface area contributed by atoms with E-state index in [4.69, 9.17) is 13.9 Å². The predicted octanol–water partition coefficient (Wildman–Crippen LogP) is 2.85. The molecule has 0 bridgehead atoms. The zero-order valence-electron chi connectivity index (χ0n) is 14.3. The van der Waals surface area contributed by atoms with Crippen molar-refractivity contribution >= 4 is 17.2 Å². The highest BCUT2D eigenvalue weighted by Crippen LogP contribution is 2.23. The third-order valence-electron chi connectivity index (χ3n) is 3.55. The first kappa shape index (κ1) is 18.1. The number of hydrogen-bond acceptors (Lipinski definition) is 7. The van der Waals surface area contributed by atoms with Gasteiger partial charge in [-0.1, -0.05) is 24.3 Å². The molecule has 0 aliphatic rings. The average molecular weight is 373 g/mol. The minimum atomic E-state index is -0.179. The topological polar surface area (TPSA) is 77.7 Å². The first-order chi connectivity index (χ1) is 12.8. The van der Waals surface area contributed by atoms with E-state index in [1.165, 1.54) is 11.3 Å². The van der Waals surface area contributed by atoms with Crippen LogP contribution in [0.3, 0.4) is 0 Å². The van der Waals surface area contributed by atoms with Gasteiger partial charge < -0.3 is 18.8 Å². The van der Waals surface area contributed by atoms with Crippen molar-refractivity contribution in [1.82, 2.24) is 15.1 Å². The first-order valence-corrected chi connectivity index (χ1v) is 8.95. The molecule has 2 aromatic heterocycles. The Morgan fingerprint density at radius 3 is 2.77 bits per heavy atom. The largest absolute Gasteiger partial charge is 0.484 e. The summed E-state index contributed by atoms with van der Waals surface area (Å²) in [6.07, 6.45) is 0. The zero-order chi connectivity index (χ0) is 18.2. The Morgan fingerprint density at radius 2 is 2.04 bits per heavy atom. The number of ether oxygens (including phenoxy) is 2. The molecule has 0 atom stereocenters. The molecule has 0 saturated carbocycles. The highest BCUT2D eigenvalue weighted by Gasteiger charge is 2.18. The van der Waals surface area contributed by atoms with Crippen LogP contribution >= 0.6 is 11.3 Å². The van der Waals surface area contributed by atoms with Crippen molar-refractivity contribution in [3.63, 3.8) is 0 Å². The summed E-state index contributed by atoms with van der Waals surface area (Å²) in [5, 5.41) is 10.0. The van der Waals surface area contributed by atoms with Gasteiger partial charge in [-0.3, -0.25) is 4.79 Å². The summed E-state index contributed by atoms with van der Waals surface area (Å²) in [5.41, 5.74) is 0. The summed E-state index contributed by atoms with van der Waals surface area (Å²) < 4.78 is 16.3. The second kappa shape index (κ2) is 9.12. The highest BCUT2D eigenvalue weighted by atomic mass is 32.1. The number of aromatic nitrogens is 2. The van der Waals surface area contributed by atoms with Crippen LogP contribution in [0.1, 0.15) is 5.89 Å². The zero-order valence-corrected chi connectivity index (χ0v) is 15.1. The van der Waals surface area contributed by atoms with E-state index in [9.17, 15) is 4.79 Å². The maximum absolute atomic E-state index is 12.5. The Morgan fingerprint density at radius 1 is 1.19 bits per heavy atom. The number of benzene rings is 1. The summed E-state index contributed by atoms with van der Waals surface area (Å²) in [4.78, 5) is 15.0. The Kier molecular flexibility index (Phi) is 6.34. The van der Waals surface area contributed by atoms with Crippen LogP contribution in [-0.2, 0) is 16.1 Å². The van der Waals surface area contributed by atoms with E-state index in [0.717, 1.165) is 4.88 Å². The average Bonchev–Trinajstić information content (AvgIpc) is 3.35. The van der Waals surface area contributed by atoms with Crippen molar-refractivity contribution < 1.29 is 18.7 Å². The van der Waals surface area contributed by atoms with E-state index < -0.39 is 0 Å². The van der Waals surface area contributed by atoms with Crippen molar-refractivity contribution in [1.29, 1.82) is 0 Å². The van der Waals surface area contributed by atoms with Gasteiger partial charge in [0.25, 0.3) is 11.8 Å². The molecule has 136 valence electrons. The predicted molar refractivity (Wildman–Crippen MR) is 96.8 cm³/mol. The molecule has 2 heterocycles. The number of amides is 1. The summed E-state index contributed by atoms with van der Waals surface area (Å²) in [5.74, 6) is 1.29. The Bertz CT molecular complexity index is 805. The molecule has 26 heavy (non-hydrogen) atoms. The van der Waals surface area contributed by atoms with Crippen LogP contribution in [0.25, 0.3) is 10.8 Å². The third kappa shape index (κ3) is 4.90.